The van der Waals surface area contributed by atoms with Crippen molar-refractivity contribution in [2.45, 2.75) is 19.8 Å². The van der Waals surface area contributed by atoms with Crippen LogP contribution in [-0.4, -0.2) is 34.5 Å². The van der Waals surface area contributed by atoms with Crippen LogP contribution >= 0.6 is 11.3 Å². The molecule has 2 N–H and O–H groups in total. The van der Waals surface area contributed by atoms with Gasteiger partial charge in [-0.3, -0.25) is 25.2 Å². The Kier molecular flexibility index (Phi) is 5.80. The summed E-state index contributed by atoms with van der Waals surface area (Å²) in [7, 11) is 0. The third-order valence-corrected chi connectivity index (χ3v) is 3.36. The number of carbonyl (C=O) groups is 3. The number of hydrogen-bond acceptors (Lipinski definition) is 8. The van der Waals surface area contributed by atoms with Crippen LogP contribution in [0.4, 0.5) is 0 Å². The van der Waals surface area contributed by atoms with Crippen LogP contribution in [0.5, 0.6) is 0 Å². The van der Waals surface area contributed by atoms with Crippen molar-refractivity contribution in [2.24, 2.45) is 0 Å². The number of aromatic nitrogens is 2. The van der Waals surface area contributed by atoms with Gasteiger partial charge in [0.15, 0.2) is 6.61 Å². The van der Waals surface area contributed by atoms with Gasteiger partial charge in [0.25, 0.3) is 5.91 Å². The zero-order chi connectivity index (χ0) is 16.7. The number of ether oxygens (including phenoxy) is 1. The van der Waals surface area contributed by atoms with E-state index >= 15 is 0 Å². The largest absolute Gasteiger partial charge is 0.455 e. The lowest BCUT2D eigenvalue weighted by Gasteiger charge is -2.05. The number of thiophene rings is 1. The van der Waals surface area contributed by atoms with Gasteiger partial charge in [0.05, 0.1) is 11.3 Å². The minimum absolute atomic E-state index is 0.000505. The van der Waals surface area contributed by atoms with Crippen LogP contribution in [0.3, 0.4) is 0 Å². The van der Waals surface area contributed by atoms with Gasteiger partial charge in [-0.05, 0) is 11.4 Å². The van der Waals surface area contributed by atoms with Crippen molar-refractivity contribution in [3.8, 4) is 10.7 Å². The average molecular weight is 338 g/mol. The van der Waals surface area contributed by atoms with Gasteiger partial charge >= 0.3 is 5.97 Å². The minimum atomic E-state index is -0.633. The van der Waals surface area contributed by atoms with Gasteiger partial charge in [-0.15, -0.1) is 11.3 Å². The highest BCUT2D eigenvalue weighted by atomic mass is 32.1. The molecule has 0 aliphatic heterocycles. The highest BCUT2D eigenvalue weighted by molar-refractivity contribution is 7.13. The van der Waals surface area contributed by atoms with Crippen LogP contribution < -0.4 is 10.9 Å². The fraction of sp³-hybridized carbons (Fsp3) is 0.308. The second-order valence-electron chi connectivity index (χ2n) is 4.38. The number of carbonyl (C=O) groups excluding carboxylic acids is 3. The summed E-state index contributed by atoms with van der Waals surface area (Å²) in [5, 5.41) is 5.72. The van der Waals surface area contributed by atoms with Crippen LogP contribution in [0, 0.1) is 0 Å². The van der Waals surface area contributed by atoms with Crippen molar-refractivity contribution in [1.82, 2.24) is 21.0 Å². The number of nitrogens with one attached hydrogen (secondary N) is 2. The summed E-state index contributed by atoms with van der Waals surface area (Å²) in [5.74, 6) is -0.862. The number of nitrogens with zero attached hydrogens (tertiary/aromatic N) is 2. The van der Waals surface area contributed by atoms with E-state index in [1.54, 1.807) is 0 Å². The Labute approximate surface area is 135 Å². The normalized spacial score (nSPS) is 10.1. The molecule has 0 spiro atoms. The number of rotatable bonds is 6. The van der Waals surface area contributed by atoms with Gasteiger partial charge in [-0.2, -0.15) is 4.98 Å². The van der Waals surface area contributed by atoms with E-state index in [0.29, 0.717) is 11.7 Å². The first kappa shape index (κ1) is 16.6. The summed E-state index contributed by atoms with van der Waals surface area (Å²) in [6, 6.07) is 3.74. The molecule has 23 heavy (non-hydrogen) atoms. The predicted molar refractivity (Wildman–Crippen MR) is 78.9 cm³/mol. The molecule has 0 aliphatic rings. The highest BCUT2D eigenvalue weighted by Crippen LogP contribution is 2.21. The van der Waals surface area contributed by atoms with Crippen LogP contribution in [0.1, 0.15) is 19.2 Å². The summed E-state index contributed by atoms with van der Waals surface area (Å²) in [6.07, 6.45) is 0.212. The standard InChI is InChI=1S/C13H14N4O5S/c1-8(18)15-16-10(19)7-21-12(20)5-4-11-14-13(17-22-11)9-3-2-6-23-9/h2-3,6H,4-5,7H2,1H3,(H,15,18)(H,16,19). The Balaban J connectivity index is 1.70. The zero-order valence-electron chi connectivity index (χ0n) is 12.2. The molecule has 0 saturated carbocycles. The Morgan fingerprint density at radius 1 is 1.35 bits per heavy atom. The van der Waals surface area contributed by atoms with Crippen molar-refractivity contribution in [1.29, 1.82) is 0 Å². The predicted octanol–water partition coefficient (Wildman–Crippen LogP) is 0.441. The Morgan fingerprint density at radius 3 is 2.87 bits per heavy atom. The molecule has 2 aromatic heterocycles. The van der Waals surface area contributed by atoms with E-state index in [-0.39, 0.29) is 12.8 Å². The molecule has 2 heterocycles. The molecule has 0 radical (unpaired) electrons. The van der Waals surface area contributed by atoms with E-state index in [0.717, 1.165) is 4.88 Å². The van der Waals surface area contributed by atoms with Crippen molar-refractivity contribution in [2.75, 3.05) is 6.61 Å². The first-order chi connectivity index (χ1) is 11.0. The maximum absolute atomic E-state index is 11.5. The van der Waals surface area contributed by atoms with Crippen LogP contribution in [-0.2, 0) is 25.5 Å². The molecule has 0 fully saturated rings. The van der Waals surface area contributed by atoms with Crippen molar-refractivity contribution in [3.63, 3.8) is 0 Å². The van der Waals surface area contributed by atoms with E-state index < -0.39 is 24.4 Å². The van der Waals surface area contributed by atoms with Crippen LogP contribution in [0.15, 0.2) is 22.0 Å². The minimum Gasteiger partial charge on any atom is -0.455 e. The molecule has 0 aliphatic carbocycles. The van der Waals surface area contributed by atoms with Crippen molar-refractivity contribution in [3.05, 3.63) is 23.4 Å². The van der Waals surface area contributed by atoms with Gasteiger partial charge in [0.1, 0.15) is 0 Å². The van der Waals surface area contributed by atoms with E-state index in [4.69, 9.17) is 9.26 Å². The number of amides is 2. The molecule has 2 amide bonds. The van der Waals surface area contributed by atoms with E-state index in [1.807, 2.05) is 17.5 Å². The SMILES string of the molecule is CC(=O)NNC(=O)COC(=O)CCc1nc(-c2cccs2)no1. The quantitative estimate of drug-likeness (QED) is 0.578. The monoisotopic (exact) mass is 338 g/mol. The average Bonchev–Trinajstić information content (AvgIpc) is 3.19. The molecule has 0 atom stereocenters. The van der Waals surface area contributed by atoms with Gasteiger partial charge in [0.2, 0.25) is 17.6 Å². The maximum atomic E-state index is 11.5. The molecule has 0 aromatic carbocycles. The lowest BCUT2D eigenvalue weighted by Crippen LogP contribution is -2.42. The van der Waals surface area contributed by atoms with Crippen LogP contribution in [0.25, 0.3) is 10.7 Å². The lowest BCUT2D eigenvalue weighted by molar-refractivity contribution is -0.149. The van der Waals surface area contributed by atoms with Gasteiger partial charge in [-0.1, -0.05) is 11.2 Å². The third kappa shape index (κ3) is 5.51. The maximum Gasteiger partial charge on any atom is 0.306 e. The summed E-state index contributed by atoms with van der Waals surface area (Å²) in [4.78, 5) is 38.4. The van der Waals surface area contributed by atoms with Crippen molar-refractivity contribution >= 4 is 29.1 Å². The molecule has 122 valence electrons. The molecule has 9 nitrogen and oxygen atoms in total. The second kappa shape index (κ2) is 8.03. The molecular formula is C13H14N4O5S. The Bertz CT molecular complexity index is 682. The number of hydrogen-bond donors (Lipinski definition) is 2. The Morgan fingerprint density at radius 2 is 2.17 bits per heavy atom. The first-order valence-electron chi connectivity index (χ1n) is 6.62. The number of aryl methyl sites for hydroxylation is 1. The van der Waals surface area contributed by atoms with Gasteiger partial charge in [-0.25, -0.2) is 0 Å². The summed E-state index contributed by atoms with van der Waals surface area (Å²) in [6.45, 7) is 0.754. The van der Waals surface area contributed by atoms with Crippen LogP contribution in [0.2, 0.25) is 0 Å². The molecule has 0 bridgehead atoms. The topological polar surface area (TPSA) is 123 Å². The Hall–Kier alpha value is -2.75. The lowest BCUT2D eigenvalue weighted by atomic mass is 10.3. The number of hydrazine groups is 1. The van der Waals surface area contributed by atoms with E-state index in [2.05, 4.69) is 21.0 Å². The molecule has 10 heteroatoms. The summed E-state index contributed by atoms with van der Waals surface area (Å²) in [5.41, 5.74) is 4.16. The summed E-state index contributed by atoms with van der Waals surface area (Å²) >= 11 is 1.48. The molecular weight excluding hydrogens is 324 g/mol. The van der Waals surface area contributed by atoms with Gasteiger partial charge in [0, 0.05) is 13.3 Å². The fourth-order valence-electron chi connectivity index (χ4n) is 1.48. The highest BCUT2D eigenvalue weighted by Gasteiger charge is 2.13. The molecule has 0 saturated heterocycles. The molecule has 2 rings (SSSR count). The smallest absolute Gasteiger partial charge is 0.306 e. The molecule has 0 unspecified atom stereocenters. The van der Waals surface area contributed by atoms with Crippen molar-refractivity contribution < 1.29 is 23.6 Å². The zero-order valence-corrected chi connectivity index (χ0v) is 13.0. The van der Waals surface area contributed by atoms with Gasteiger partial charge < -0.3 is 9.26 Å². The summed E-state index contributed by atoms with van der Waals surface area (Å²) < 4.78 is 9.79. The third-order valence-electron chi connectivity index (χ3n) is 2.49. The van der Waals surface area contributed by atoms with E-state index in [9.17, 15) is 14.4 Å². The first-order valence-corrected chi connectivity index (χ1v) is 7.50. The molecule has 2 aromatic rings. The fourth-order valence-corrected chi connectivity index (χ4v) is 2.13. The number of esters is 1. The van der Waals surface area contributed by atoms with E-state index in [1.165, 1.54) is 18.3 Å². The second-order valence-corrected chi connectivity index (χ2v) is 5.33.